The summed E-state index contributed by atoms with van der Waals surface area (Å²) in [5, 5.41) is 9.12. The van der Waals surface area contributed by atoms with Crippen LogP contribution in [-0.2, 0) is 18.1 Å². The van der Waals surface area contributed by atoms with Crippen LogP contribution in [0.25, 0.3) is 0 Å². The number of hydrogen-bond donors (Lipinski definition) is 1. The third-order valence-corrected chi connectivity index (χ3v) is 4.83. The van der Waals surface area contributed by atoms with Crippen LogP contribution in [0.4, 0.5) is 4.79 Å². The van der Waals surface area contributed by atoms with E-state index in [9.17, 15) is 9.36 Å². The van der Waals surface area contributed by atoms with Gasteiger partial charge in [-0.15, -0.1) is 0 Å². The van der Waals surface area contributed by atoms with Gasteiger partial charge in [0.25, 0.3) is 0 Å². The minimum absolute atomic E-state index is 0.00423. The molecular weight excluding hydrogens is 309 g/mol. The third kappa shape index (κ3) is 6.65. The molecule has 0 aromatic heterocycles. The van der Waals surface area contributed by atoms with Crippen LogP contribution in [0.1, 0.15) is 54.4 Å². The summed E-state index contributed by atoms with van der Waals surface area (Å²) in [4.78, 5) is 12.4. The minimum atomic E-state index is -3.79. The highest BCUT2D eigenvalue weighted by Crippen LogP contribution is 2.55. The normalized spacial score (nSPS) is 20.5. The molecule has 0 aromatic carbocycles. The maximum atomic E-state index is 12.8. The fourth-order valence-electron chi connectivity index (χ4n) is 2.18. The molecule has 130 valence electrons. The Kier molecular flexibility index (Phi) is 6.07. The number of likely N-dealkylation sites (tertiary alicyclic amines) is 1. The van der Waals surface area contributed by atoms with E-state index in [-0.39, 0.29) is 12.6 Å². The molecule has 0 bridgehead atoms. The summed E-state index contributed by atoms with van der Waals surface area (Å²) < 4.78 is 29.3. The second-order valence-electron chi connectivity index (χ2n) is 7.42. The van der Waals surface area contributed by atoms with Crippen LogP contribution in [0.15, 0.2) is 0 Å². The van der Waals surface area contributed by atoms with E-state index in [1.165, 1.54) is 4.90 Å². The fourth-order valence-corrected chi connectivity index (χ4v) is 4.02. The quantitative estimate of drug-likeness (QED) is 0.766. The summed E-state index contributed by atoms with van der Waals surface area (Å²) in [7, 11) is -3.79. The van der Waals surface area contributed by atoms with Gasteiger partial charge in [0.1, 0.15) is 0 Å². The summed E-state index contributed by atoms with van der Waals surface area (Å²) >= 11 is 0. The van der Waals surface area contributed by atoms with Crippen molar-refractivity contribution in [2.45, 2.75) is 71.6 Å². The van der Waals surface area contributed by atoms with Gasteiger partial charge in [-0.1, -0.05) is 0 Å². The molecule has 0 unspecified atom stereocenters. The highest BCUT2D eigenvalue weighted by atomic mass is 31.2. The molecule has 1 saturated heterocycles. The summed E-state index contributed by atoms with van der Waals surface area (Å²) in [6, 6.07) is -0.321. The average Bonchev–Trinajstić information content (AvgIpc) is 2.68. The molecule has 22 heavy (non-hydrogen) atoms. The first-order valence-electron chi connectivity index (χ1n) is 7.47. The molecule has 1 N–H and O–H groups in total. The smallest absolute Gasteiger partial charge is 0.465 e. The standard InChI is InChI=1S/C14H28NO6P/c1-13(2,3)20-22(18,21-14(4,5)6)19-10-11-8-7-9-15(11)12(16)17/h11H,7-10H2,1-6H3,(H,16,17)/t11-/m0/s1. The first-order chi connectivity index (χ1) is 9.81. The van der Waals surface area contributed by atoms with E-state index in [0.717, 1.165) is 6.42 Å². The first kappa shape index (κ1) is 19.4. The van der Waals surface area contributed by atoms with Crippen molar-refractivity contribution in [2.24, 2.45) is 0 Å². The van der Waals surface area contributed by atoms with E-state index in [2.05, 4.69) is 0 Å². The molecule has 1 fully saturated rings. The lowest BCUT2D eigenvalue weighted by Crippen LogP contribution is -2.37. The Balaban J connectivity index is 2.77. The van der Waals surface area contributed by atoms with Gasteiger partial charge in [0.05, 0.1) is 23.9 Å². The predicted molar refractivity (Wildman–Crippen MR) is 83.0 cm³/mol. The van der Waals surface area contributed by atoms with Crippen LogP contribution >= 0.6 is 7.82 Å². The Morgan fingerprint density at radius 2 is 1.68 bits per heavy atom. The van der Waals surface area contributed by atoms with E-state index in [1.807, 2.05) is 0 Å². The maximum Gasteiger partial charge on any atom is 0.475 e. The number of carbonyl (C=O) groups is 1. The Morgan fingerprint density at radius 3 is 2.09 bits per heavy atom. The van der Waals surface area contributed by atoms with Crippen LogP contribution in [0, 0.1) is 0 Å². The number of phosphoric ester groups is 1. The first-order valence-corrected chi connectivity index (χ1v) is 8.93. The van der Waals surface area contributed by atoms with Gasteiger partial charge in [-0.25, -0.2) is 9.36 Å². The topological polar surface area (TPSA) is 85.3 Å². The van der Waals surface area contributed by atoms with Crippen LogP contribution in [-0.4, -0.2) is 46.5 Å². The van der Waals surface area contributed by atoms with Crippen molar-refractivity contribution >= 4 is 13.9 Å². The number of amides is 1. The van der Waals surface area contributed by atoms with Gasteiger partial charge in [-0.05, 0) is 54.4 Å². The van der Waals surface area contributed by atoms with E-state index < -0.39 is 25.1 Å². The summed E-state index contributed by atoms with van der Waals surface area (Å²) in [6.07, 6.45) is 0.455. The van der Waals surface area contributed by atoms with Crippen molar-refractivity contribution in [3.8, 4) is 0 Å². The van der Waals surface area contributed by atoms with Crippen molar-refractivity contribution in [2.75, 3.05) is 13.2 Å². The third-order valence-electron chi connectivity index (χ3n) is 2.82. The maximum absolute atomic E-state index is 12.8. The van der Waals surface area contributed by atoms with E-state index in [0.29, 0.717) is 13.0 Å². The molecule has 1 atom stereocenters. The SMILES string of the molecule is CC(C)(C)OP(=O)(OC[C@@H]1CCCN1C(=O)O)OC(C)(C)C. The monoisotopic (exact) mass is 337 g/mol. The van der Waals surface area contributed by atoms with Crippen molar-refractivity contribution in [1.82, 2.24) is 4.90 Å². The zero-order chi connectivity index (χ0) is 17.2. The van der Waals surface area contributed by atoms with Crippen LogP contribution in [0.3, 0.4) is 0 Å². The highest BCUT2D eigenvalue weighted by molar-refractivity contribution is 7.48. The fraction of sp³-hybridized carbons (Fsp3) is 0.929. The molecule has 1 heterocycles. The highest BCUT2D eigenvalue weighted by Gasteiger charge is 2.39. The summed E-state index contributed by atoms with van der Waals surface area (Å²) in [5.74, 6) is 0. The van der Waals surface area contributed by atoms with E-state index in [4.69, 9.17) is 18.7 Å². The zero-order valence-electron chi connectivity index (χ0n) is 14.3. The lowest BCUT2D eigenvalue weighted by Gasteiger charge is -2.32. The molecule has 0 aliphatic carbocycles. The van der Waals surface area contributed by atoms with Crippen LogP contribution in [0.5, 0.6) is 0 Å². The summed E-state index contributed by atoms with van der Waals surface area (Å²) in [6.45, 7) is 11.0. The average molecular weight is 337 g/mol. The van der Waals surface area contributed by atoms with Crippen molar-refractivity contribution < 1.29 is 28.0 Å². The molecular formula is C14H28NO6P. The van der Waals surface area contributed by atoms with Gasteiger partial charge in [0.15, 0.2) is 0 Å². The lowest BCUT2D eigenvalue weighted by atomic mass is 10.2. The number of rotatable bonds is 5. The summed E-state index contributed by atoms with van der Waals surface area (Å²) in [5.41, 5.74) is -1.41. The van der Waals surface area contributed by atoms with E-state index >= 15 is 0 Å². The Hall–Kier alpha value is -0.620. The molecule has 1 rings (SSSR count). The van der Waals surface area contributed by atoms with Gasteiger partial charge in [0, 0.05) is 6.54 Å². The molecule has 1 amide bonds. The van der Waals surface area contributed by atoms with Gasteiger partial charge in [0.2, 0.25) is 0 Å². The van der Waals surface area contributed by atoms with Crippen LogP contribution in [0.2, 0.25) is 0 Å². The number of phosphoric acid groups is 1. The molecule has 0 aromatic rings. The second kappa shape index (κ2) is 6.87. The van der Waals surface area contributed by atoms with Gasteiger partial charge >= 0.3 is 13.9 Å². The molecule has 1 aliphatic rings. The number of nitrogens with zero attached hydrogens (tertiary/aromatic N) is 1. The molecule has 7 nitrogen and oxygen atoms in total. The lowest BCUT2D eigenvalue weighted by molar-refractivity contribution is -0.00267. The van der Waals surface area contributed by atoms with E-state index in [1.54, 1.807) is 41.5 Å². The zero-order valence-corrected chi connectivity index (χ0v) is 15.2. The number of hydrogen-bond acceptors (Lipinski definition) is 5. The van der Waals surface area contributed by atoms with Crippen LogP contribution < -0.4 is 0 Å². The van der Waals surface area contributed by atoms with Gasteiger partial charge < -0.3 is 10.0 Å². The molecule has 8 heteroatoms. The van der Waals surface area contributed by atoms with Gasteiger partial charge in [-0.2, -0.15) is 0 Å². The molecule has 0 radical (unpaired) electrons. The van der Waals surface area contributed by atoms with Crippen molar-refractivity contribution in [1.29, 1.82) is 0 Å². The number of carboxylic acid groups (broad SMARTS) is 1. The minimum Gasteiger partial charge on any atom is -0.465 e. The predicted octanol–water partition coefficient (Wildman–Crippen LogP) is 3.88. The second-order valence-corrected chi connectivity index (χ2v) is 8.94. The van der Waals surface area contributed by atoms with Gasteiger partial charge in [-0.3, -0.25) is 13.6 Å². The molecule has 0 spiro atoms. The Labute approximate surface area is 132 Å². The largest absolute Gasteiger partial charge is 0.475 e. The Morgan fingerprint density at radius 1 is 1.18 bits per heavy atom. The van der Waals surface area contributed by atoms with Crippen molar-refractivity contribution in [3.63, 3.8) is 0 Å². The molecule has 0 saturated carbocycles. The Bertz CT molecular complexity index is 420. The van der Waals surface area contributed by atoms with Crippen molar-refractivity contribution in [3.05, 3.63) is 0 Å². The molecule has 1 aliphatic heterocycles.